The Morgan fingerprint density at radius 3 is 2.45 bits per heavy atom. The fourth-order valence-electron chi connectivity index (χ4n) is 3.43. The molecule has 0 unspecified atom stereocenters. The molecule has 7 heteroatoms. The Kier molecular flexibility index (Phi) is 5.29. The lowest BCUT2D eigenvalue weighted by Gasteiger charge is -2.18. The minimum absolute atomic E-state index is 0.220. The van der Waals surface area contributed by atoms with Crippen molar-refractivity contribution in [3.8, 4) is 0 Å². The van der Waals surface area contributed by atoms with Crippen LogP contribution in [0.4, 0.5) is 28.8 Å². The summed E-state index contributed by atoms with van der Waals surface area (Å²) in [6, 6.07) is 16.7. The molecule has 1 aliphatic heterocycles. The smallest absolute Gasteiger partial charge is 0.335 e. The van der Waals surface area contributed by atoms with Gasteiger partial charge in [0.1, 0.15) is 5.82 Å². The van der Waals surface area contributed by atoms with Crippen LogP contribution in [0, 0.1) is 6.92 Å². The standard InChI is InChI=1S/C22H23N5O2/c1-15-13-20(24-18-6-4-5-16(14-18)21(28)29)26-22(23-15)25-17-7-9-19(10-8-17)27-11-2-3-12-27/h4-10,13-14H,2-3,11-12H2,1H3,(H,28,29)(H2,23,24,25,26). The van der Waals surface area contributed by atoms with Gasteiger partial charge in [-0.15, -0.1) is 0 Å². The Morgan fingerprint density at radius 1 is 0.966 bits per heavy atom. The third-order valence-corrected chi connectivity index (χ3v) is 4.83. The zero-order chi connectivity index (χ0) is 20.2. The molecule has 148 valence electrons. The molecule has 0 bridgehead atoms. The van der Waals surface area contributed by atoms with Gasteiger partial charge in [-0.05, 0) is 62.2 Å². The van der Waals surface area contributed by atoms with Gasteiger partial charge < -0.3 is 20.6 Å². The minimum atomic E-state index is -0.966. The van der Waals surface area contributed by atoms with Crippen molar-refractivity contribution in [2.45, 2.75) is 19.8 Å². The van der Waals surface area contributed by atoms with Crippen LogP contribution < -0.4 is 15.5 Å². The maximum atomic E-state index is 11.2. The van der Waals surface area contributed by atoms with Crippen molar-refractivity contribution < 1.29 is 9.90 Å². The van der Waals surface area contributed by atoms with Crippen molar-refractivity contribution in [3.63, 3.8) is 0 Å². The molecule has 1 saturated heterocycles. The summed E-state index contributed by atoms with van der Waals surface area (Å²) in [7, 11) is 0. The summed E-state index contributed by atoms with van der Waals surface area (Å²) in [6.45, 7) is 4.12. The number of aromatic carboxylic acids is 1. The molecular weight excluding hydrogens is 366 g/mol. The largest absolute Gasteiger partial charge is 0.478 e. The monoisotopic (exact) mass is 389 g/mol. The molecule has 0 atom stereocenters. The van der Waals surface area contributed by atoms with Gasteiger partial charge in [-0.3, -0.25) is 0 Å². The highest BCUT2D eigenvalue weighted by Gasteiger charge is 2.12. The Balaban J connectivity index is 1.49. The van der Waals surface area contributed by atoms with Crippen molar-refractivity contribution >= 4 is 34.8 Å². The van der Waals surface area contributed by atoms with E-state index < -0.39 is 5.97 Å². The molecule has 2 heterocycles. The van der Waals surface area contributed by atoms with Crippen LogP contribution in [0.15, 0.2) is 54.6 Å². The summed E-state index contributed by atoms with van der Waals surface area (Å²) in [4.78, 5) is 22.5. The lowest BCUT2D eigenvalue weighted by molar-refractivity contribution is 0.0697. The molecule has 1 fully saturated rings. The van der Waals surface area contributed by atoms with Gasteiger partial charge in [0.05, 0.1) is 5.56 Å². The average Bonchev–Trinajstić information content (AvgIpc) is 3.23. The maximum Gasteiger partial charge on any atom is 0.335 e. The van der Waals surface area contributed by atoms with Crippen molar-refractivity contribution in [2.24, 2.45) is 0 Å². The highest BCUT2D eigenvalue weighted by molar-refractivity contribution is 5.89. The number of aryl methyl sites for hydroxylation is 1. The molecule has 7 nitrogen and oxygen atoms in total. The fraction of sp³-hybridized carbons (Fsp3) is 0.227. The van der Waals surface area contributed by atoms with Gasteiger partial charge in [-0.1, -0.05) is 6.07 Å². The number of anilines is 5. The SMILES string of the molecule is Cc1cc(Nc2cccc(C(=O)O)c2)nc(Nc2ccc(N3CCCC3)cc2)n1. The van der Waals surface area contributed by atoms with E-state index in [9.17, 15) is 4.79 Å². The molecule has 0 spiro atoms. The lowest BCUT2D eigenvalue weighted by atomic mass is 10.2. The molecule has 1 aromatic heterocycles. The lowest BCUT2D eigenvalue weighted by Crippen LogP contribution is -2.17. The first kappa shape index (κ1) is 18.7. The second-order valence-electron chi connectivity index (χ2n) is 7.10. The zero-order valence-electron chi connectivity index (χ0n) is 16.2. The van der Waals surface area contributed by atoms with E-state index in [0.717, 1.165) is 24.5 Å². The molecule has 0 aliphatic carbocycles. The van der Waals surface area contributed by atoms with E-state index >= 15 is 0 Å². The van der Waals surface area contributed by atoms with Gasteiger partial charge in [-0.25, -0.2) is 9.78 Å². The Labute approximate surface area is 169 Å². The van der Waals surface area contributed by atoms with Gasteiger partial charge >= 0.3 is 5.97 Å². The summed E-state index contributed by atoms with van der Waals surface area (Å²) >= 11 is 0. The van der Waals surface area contributed by atoms with E-state index in [4.69, 9.17) is 5.11 Å². The molecule has 29 heavy (non-hydrogen) atoms. The topological polar surface area (TPSA) is 90.4 Å². The van der Waals surface area contributed by atoms with Crippen LogP contribution in [-0.4, -0.2) is 34.1 Å². The molecule has 0 radical (unpaired) electrons. The van der Waals surface area contributed by atoms with Crippen molar-refractivity contribution in [3.05, 3.63) is 65.9 Å². The summed E-state index contributed by atoms with van der Waals surface area (Å²) in [5, 5.41) is 15.5. The Bertz CT molecular complexity index is 1010. The summed E-state index contributed by atoms with van der Waals surface area (Å²) in [5.41, 5.74) is 3.82. The van der Waals surface area contributed by atoms with Gasteiger partial charge in [0.2, 0.25) is 5.95 Å². The van der Waals surface area contributed by atoms with Crippen LogP contribution in [-0.2, 0) is 0 Å². The first-order chi connectivity index (χ1) is 14.1. The third kappa shape index (κ3) is 4.63. The highest BCUT2D eigenvalue weighted by Crippen LogP contribution is 2.24. The van der Waals surface area contributed by atoms with Gasteiger partial charge in [0.25, 0.3) is 0 Å². The number of aromatic nitrogens is 2. The average molecular weight is 389 g/mol. The van der Waals surface area contributed by atoms with E-state index in [0.29, 0.717) is 17.5 Å². The molecule has 0 saturated carbocycles. The van der Waals surface area contributed by atoms with Crippen LogP contribution in [0.25, 0.3) is 0 Å². The number of carbonyl (C=O) groups is 1. The van der Waals surface area contributed by atoms with Crippen LogP contribution in [0.2, 0.25) is 0 Å². The van der Waals surface area contributed by atoms with E-state index in [-0.39, 0.29) is 5.56 Å². The van der Waals surface area contributed by atoms with Crippen LogP contribution in [0.1, 0.15) is 28.9 Å². The number of nitrogens with zero attached hydrogens (tertiary/aromatic N) is 3. The normalized spacial score (nSPS) is 13.3. The van der Waals surface area contributed by atoms with Crippen molar-refractivity contribution in [1.29, 1.82) is 0 Å². The first-order valence-electron chi connectivity index (χ1n) is 9.65. The van der Waals surface area contributed by atoms with Crippen molar-refractivity contribution in [1.82, 2.24) is 9.97 Å². The number of benzene rings is 2. The predicted octanol–water partition coefficient (Wildman–Crippen LogP) is 4.57. The molecule has 4 rings (SSSR count). The first-order valence-corrected chi connectivity index (χ1v) is 9.65. The molecule has 3 aromatic rings. The number of carboxylic acid groups (broad SMARTS) is 1. The van der Waals surface area contributed by atoms with E-state index in [1.165, 1.54) is 18.5 Å². The van der Waals surface area contributed by atoms with E-state index in [1.807, 2.05) is 25.1 Å². The number of carboxylic acids is 1. The maximum absolute atomic E-state index is 11.2. The fourth-order valence-corrected chi connectivity index (χ4v) is 3.43. The molecular formula is C22H23N5O2. The number of hydrogen-bond donors (Lipinski definition) is 3. The second kappa shape index (κ2) is 8.18. The summed E-state index contributed by atoms with van der Waals surface area (Å²) in [5.74, 6) is 0.110. The predicted molar refractivity (Wildman–Crippen MR) is 115 cm³/mol. The third-order valence-electron chi connectivity index (χ3n) is 4.83. The molecule has 3 N–H and O–H groups in total. The molecule has 0 amide bonds. The zero-order valence-corrected chi connectivity index (χ0v) is 16.2. The Hall–Kier alpha value is -3.61. The van der Waals surface area contributed by atoms with Crippen molar-refractivity contribution in [2.75, 3.05) is 28.6 Å². The van der Waals surface area contributed by atoms with E-state index in [1.54, 1.807) is 24.3 Å². The second-order valence-corrected chi connectivity index (χ2v) is 7.10. The quantitative estimate of drug-likeness (QED) is 0.569. The van der Waals surface area contributed by atoms with Crippen LogP contribution in [0.3, 0.4) is 0 Å². The minimum Gasteiger partial charge on any atom is -0.478 e. The molecule has 1 aliphatic rings. The highest BCUT2D eigenvalue weighted by atomic mass is 16.4. The van der Waals surface area contributed by atoms with Gasteiger partial charge in [-0.2, -0.15) is 4.98 Å². The van der Waals surface area contributed by atoms with E-state index in [2.05, 4.69) is 37.6 Å². The summed E-state index contributed by atoms with van der Waals surface area (Å²) < 4.78 is 0. The van der Waals surface area contributed by atoms with Gasteiger partial charge in [0.15, 0.2) is 0 Å². The Morgan fingerprint density at radius 2 is 1.72 bits per heavy atom. The number of nitrogens with one attached hydrogen (secondary N) is 2. The van der Waals surface area contributed by atoms with Crippen LogP contribution in [0.5, 0.6) is 0 Å². The number of hydrogen-bond acceptors (Lipinski definition) is 6. The number of rotatable bonds is 6. The van der Waals surface area contributed by atoms with Crippen LogP contribution >= 0.6 is 0 Å². The molecule has 2 aromatic carbocycles. The summed E-state index contributed by atoms with van der Waals surface area (Å²) in [6.07, 6.45) is 2.50. The van der Waals surface area contributed by atoms with Gasteiger partial charge in [0, 0.05) is 41.9 Å².